The van der Waals surface area contributed by atoms with Crippen LogP contribution >= 0.6 is 0 Å². The van der Waals surface area contributed by atoms with Crippen molar-refractivity contribution in [1.29, 1.82) is 0 Å². The summed E-state index contributed by atoms with van der Waals surface area (Å²) in [6, 6.07) is 12.3. The van der Waals surface area contributed by atoms with Gasteiger partial charge in [-0.2, -0.15) is 0 Å². The Bertz CT molecular complexity index is 1090. The van der Waals surface area contributed by atoms with Gasteiger partial charge in [0.2, 0.25) is 0 Å². The molecular weight excluding hydrogens is 472 g/mol. The molecule has 0 spiro atoms. The maximum Gasteiger partial charge on any atom is 0.306 e. The van der Waals surface area contributed by atoms with Crippen LogP contribution in [0.5, 0.6) is 11.5 Å². The van der Waals surface area contributed by atoms with E-state index in [1.54, 1.807) is 30.3 Å². The highest BCUT2D eigenvalue weighted by Crippen LogP contribution is 2.29. The SMILES string of the molecule is Cc1cc(C(=O)NCCNC(=O)c2ccc(OC3CCC(C(=O)O)CC3)cc2)ccc1OCC1CCC1. The summed E-state index contributed by atoms with van der Waals surface area (Å²) in [5, 5.41) is 14.8. The van der Waals surface area contributed by atoms with Crippen LogP contribution in [0.15, 0.2) is 42.5 Å². The van der Waals surface area contributed by atoms with Gasteiger partial charge in [0.1, 0.15) is 11.5 Å². The Morgan fingerprint density at radius 3 is 2.05 bits per heavy atom. The molecule has 2 aromatic carbocycles. The minimum atomic E-state index is -0.734. The molecule has 0 unspecified atom stereocenters. The molecule has 0 aliphatic heterocycles. The minimum absolute atomic E-state index is 0.00117. The number of aryl methyl sites for hydroxylation is 1. The van der Waals surface area contributed by atoms with Crippen molar-refractivity contribution in [2.45, 2.75) is 58.0 Å². The molecule has 2 saturated carbocycles. The number of aliphatic carboxylic acids is 1. The summed E-state index contributed by atoms with van der Waals surface area (Å²) >= 11 is 0. The Hall–Kier alpha value is -3.55. The van der Waals surface area contributed by atoms with Crippen molar-refractivity contribution in [2.75, 3.05) is 19.7 Å². The number of amides is 2. The van der Waals surface area contributed by atoms with Crippen molar-refractivity contribution < 1.29 is 29.0 Å². The van der Waals surface area contributed by atoms with Crippen LogP contribution in [0.25, 0.3) is 0 Å². The number of benzene rings is 2. The monoisotopic (exact) mass is 508 g/mol. The zero-order valence-corrected chi connectivity index (χ0v) is 21.3. The Morgan fingerprint density at radius 2 is 1.49 bits per heavy atom. The van der Waals surface area contributed by atoms with E-state index in [4.69, 9.17) is 14.6 Å². The minimum Gasteiger partial charge on any atom is -0.493 e. The van der Waals surface area contributed by atoms with Crippen molar-refractivity contribution in [1.82, 2.24) is 10.6 Å². The summed E-state index contributed by atoms with van der Waals surface area (Å²) in [6.45, 7) is 3.28. The second-order valence-electron chi connectivity index (χ2n) is 10.1. The number of ether oxygens (including phenoxy) is 2. The van der Waals surface area contributed by atoms with Crippen molar-refractivity contribution in [3.05, 3.63) is 59.2 Å². The average molecular weight is 509 g/mol. The molecule has 3 N–H and O–H groups in total. The number of carbonyl (C=O) groups is 3. The highest BCUT2D eigenvalue weighted by molar-refractivity contribution is 5.95. The summed E-state index contributed by atoms with van der Waals surface area (Å²) in [5.74, 6) is 0.701. The number of hydrogen-bond donors (Lipinski definition) is 3. The molecule has 2 aromatic rings. The molecule has 8 heteroatoms. The maximum atomic E-state index is 12.5. The zero-order valence-electron chi connectivity index (χ0n) is 21.3. The Balaban J connectivity index is 1.15. The van der Waals surface area contributed by atoms with E-state index < -0.39 is 5.97 Å². The number of rotatable bonds is 11. The number of hydrogen-bond acceptors (Lipinski definition) is 5. The van der Waals surface area contributed by atoms with Gasteiger partial charge in [-0.25, -0.2) is 0 Å². The summed E-state index contributed by atoms with van der Waals surface area (Å²) in [5.41, 5.74) is 1.99. The van der Waals surface area contributed by atoms with Crippen molar-refractivity contribution >= 4 is 17.8 Å². The van der Waals surface area contributed by atoms with Crippen molar-refractivity contribution in [3.8, 4) is 11.5 Å². The van der Waals surface area contributed by atoms with Crippen LogP contribution in [0.1, 0.15) is 71.2 Å². The summed E-state index contributed by atoms with van der Waals surface area (Å²) < 4.78 is 11.8. The molecule has 198 valence electrons. The van der Waals surface area contributed by atoms with E-state index >= 15 is 0 Å². The van der Waals surface area contributed by atoms with E-state index in [1.807, 2.05) is 19.1 Å². The van der Waals surface area contributed by atoms with Crippen LogP contribution < -0.4 is 20.1 Å². The Labute approximate surface area is 217 Å². The third kappa shape index (κ3) is 7.47. The first kappa shape index (κ1) is 26.5. The first-order valence-electron chi connectivity index (χ1n) is 13.2. The van der Waals surface area contributed by atoms with Crippen LogP contribution in [0, 0.1) is 18.8 Å². The second-order valence-corrected chi connectivity index (χ2v) is 10.1. The smallest absolute Gasteiger partial charge is 0.306 e. The largest absolute Gasteiger partial charge is 0.493 e. The Kier molecular flexibility index (Phi) is 9.04. The topological polar surface area (TPSA) is 114 Å². The molecule has 2 fully saturated rings. The van der Waals surface area contributed by atoms with Gasteiger partial charge in [0, 0.05) is 24.2 Å². The standard InChI is InChI=1S/C29H36N2O6/c1-19-17-23(9-14-26(19)36-18-20-3-2-4-20)28(33)31-16-15-30-27(32)21-5-10-24(11-6-21)37-25-12-7-22(8-13-25)29(34)35/h5-6,9-11,14,17,20,22,25H,2-4,7-8,12-13,15-16,18H2,1H3,(H,30,32)(H,31,33)(H,34,35). The lowest BCUT2D eigenvalue weighted by Gasteiger charge is -2.26. The number of nitrogens with one attached hydrogen (secondary N) is 2. The fourth-order valence-corrected chi connectivity index (χ4v) is 4.68. The lowest BCUT2D eigenvalue weighted by molar-refractivity contribution is -0.143. The van der Waals surface area contributed by atoms with Crippen LogP contribution in [0.3, 0.4) is 0 Å². The first-order valence-corrected chi connectivity index (χ1v) is 13.2. The molecule has 4 rings (SSSR count). The second kappa shape index (κ2) is 12.6. The van der Waals surface area contributed by atoms with E-state index in [2.05, 4.69) is 10.6 Å². The molecule has 0 saturated heterocycles. The van der Waals surface area contributed by atoms with Crippen LogP contribution in [-0.4, -0.2) is 48.7 Å². The van der Waals surface area contributed by atoms with Gasteiger partial charge in [0.05, 0.1) is 18.6 Å². The van der Waals surface area contributed by atoms with E-state index in [0.717, 1.165) is 17.9 Å². The molecule has 0 aromatic heterocycles. The quantitative estimate of drug-likeness (QED) is 0.389. The van der Waals surface area contributed by atoms with Gasteiger partial charge in [0.25, 0.3) is 11.8 Å². The van der Waals surface area contributed by atoms with Gasteiger partial charge in [-0.15, -0.1) is 0 Å². The molecule has 37 heavy (non-hydrogen) atoms. The van der Waals surface area contributed by atoms with Crippen molar-refractivity contribution in [3.63, 3.8) is 0 Å². The fraction of sp³-hybridized carbons (Fsp3) is 0.483. The lowest BCUT2D eigenvalue weighted by Crippen LogP contribution is -2.34. The molecule has 2 amide bonds. The van der Waals surface area contributed by atoms with Crippen LogP contribution in [-0.2, 0) is 4.79 Å². The van der Waals surface area contributed by atoms with E-state index in [9.17, 15) is 14.4 Å². The molecule has 8 nitrogen and oxygen atoms in total. The Morgan fingerprint density at radius 1 is 0.865 bits per heavy atom. The summed E-state index contributed by atoms with van der Waals surface area (Å²) in [6.07, 6.45) is 6.41. The van der Waals surface area contributed by atoms with Gasteiger partial charge < -0.3 is 25.2 Å². The first-order chi connectivity index (χ1) is 17.9. The highest BCUT2D eigenvalue weighted by atomic mass is 16.5. The molecule has 2 aliphatic rings. The average Bonchev–Trinajstić information content (AvgIpc) is 2.87. The summed E-state index contributed by atoms with van der Waals surface area (Å²) in [7, 11) is 0. The summed E-state index contributed by atoms with van der Waals surface area (Å²) in [4.78, 5) is 36.0. The zero-order chi connectivity index (χ0) is 26.2. The molecule has 0 bridgehead atoms. The third-order valence-electron chi connectivity index (χ3n) is 7.28. The van der Waals surface area contributed by atoms with E-state index in [0.29, 0.717) is 61.6 Å². The molecule has 0 heterocycles. The van der Waals surface area contributed by atoms with Gasteiger partial charge in [-0.1, -0.05) is 6.42 Å². The number of carboxylic acid groups (broad SMARTS) is 1. The lowest BCUT2D eigenvalue weighted by atomic mass is 9.86. The predicted molar refractivity (Wildman–Crippen MR) is 139 cm³/mol. The van der Waals surface area contributed by atoms with Gasteiger partial charge in [-0.05, 0) is 99.4 Å². The molecule has 0 radical (unpaired) electrons. The fourth-order valence-electron chi connectivity index (χ4n) is 4.68. The molecule has 0 atom stereocenters. The predicted octanol–water partition coefficient (Wildman–Crippen LogP) is 4.36. The normalized spacial score (nSPS) is 19.4. The van der Waals surface area contributed by atoms with E-state index in [-0.39, 0.29) is 23.8 Å². The molecule has 2 aliphatic carbocycles. The van der Waals surface area contributed by atoms with Crippen LogP contribution in [0.2, 0.25) is 0 Å². The maximum absolute atomic E-state index is 12.5. The van der Waals surface area contributed by atoms with Gasteiger partial charge in [-0.3, -0.25) is 14.4 Å². The molecular formula is C29H36N2O6. The highest BCUT2D eigenvalue weighted by Gasteiger charge is 2.27. The van der Waals surface area contributed by atoms with Crippen molar-refractivity contribution in [2.24, 2.45) is 11.8 Å². The van der Waals surface area contributed by atoms with Gasteiger partial charge in [0.15, 0.2) is 0 Å². The number of carbonyl (C=O) groups excluding carboxylic acids is 2. The third-order valence-corrected chi connectivity index (χ3v) is 7.28. The van der Waals surface area contributed by atoms with E-state index in [1.165, 1.54) is 19.3 Å². The van der Waals surface area contributed by atoms with Crippen LogP contribution in [0.4, 0.5) is 0 Å². The van der Waals surface area contributed by atoms with Gasteiger partial charge >= 0.3 is 5.97 Å². The number of carboxylic acids is 1.